The highest BCUT2D eigenvalue weighted by Crippen LogP contribution is 2.45. The first-order valence-corrected chi connectivity index (χ1v) is 8.81. The Morgan fingerprint density at radius 2 is 1.70 bits per heavy atom. The largest absolute Gasteiger partial charge is 0.493 e. The lowest BCUT2D eigenvalue weighted by Crippen LogP contribution is -2.72. The number of carbonyl (C=O) groups excluding carboxylic acids is 2. The lowest BCUT2D eigenvalue weighted by molar-refractivity contribution is -0.287. The summed E-state index contributed by atoms with van der Waals surface area (Å²) in [6, 6.07) is 8.63. The molecule has 0 unspecified atom stereocenters. The third-order valence-corrected chi connectivity index (χ3v) is 4.91. The summed E-state index contributed by atoms with van der Waals surface area (Å²) in [5.74, 6) is -2.62. The molecule has 0 bridgehead atoms. The first-order valence-electron chi connectivity index (χ1n) is 8.81. The van der Waals surface area contributed by atoms with E-state index >= 15 is 0 Å². The van der Waals surface area contributed by atoms with Crippen molar-refractivity contribution in [1.82, 2.24) is 10.6 Å². The van der Waals surface area contributed by atoms with Crippen LogP contribution in [0.25, 0.3) is 0 Å². The van der Waals surface area contributed by atoms with Gasteiger partial charge in [0.2, 0.25) is 5.72 Å². The second-order valence-electron chi connectivity index (χ2n) is 6.66. The molecular weight excluding hydrogens is 405 g/mol. The van der Waals surface area contributed by atoms with E-state index in [-0.39, 0.29) is 16.9 Å². The van der Waals surface area contributed by atoms with Crippen molar-refractivity contribution in [2.45, 2.75) is 17.9 Å². The molecule has 1 fully saturated rings. The van der Waals surface area contributed by atoms with Gasteiger partial charge in [-0.3, -0.25) is 4.79 Å². The number of hydrogen-bond donors (Lipinski definition) is 3. The maximum absolute atomic E-state index is 13.9. The van der Waals surface area contributed by atoms with Crippen LogP contribution in [0.2, 0.25) is 0 Å². The number of amides is 2. The molecule has 3 N–H and O–H groups in total. The highest BCUT2D eigenvalue weighted by molar-refractivity contribution is 6.00. The molecule has 3 rings (SSSR count). The van der Waals surface area contributed by atoms with Crippen molar-refractivity contribution in [3.05, 3.63) is 59.7 Å². The van der Waals surface area contributed by atoms with Gasteiger partial charge in [-0.05, 0) is 17.7 Å². The molecule has 3 atom stereocenters. The fourth-order valence-electron chi connectivity index (χ4n) is 3.45. The Kier molecular flexibility index (Phi) is 5.62. The van der Waals surface area contributed by atoms with E-state index in [9.17, 15) is 27.9 Å². The van der Waals surface area contributed by atoms with Crippen molar-refractivity contribution in [2.24, 2.45) is 5.92 Å². The summed E-state index contributed by atoms with van der Waals surface area (Å²) in [6.45, 7) is 0. The van der Waals surface area contributed by atoms with Gasteiger partial charge in [-0.15, -0.1) is 0 Å². The number of methoxy groups -OCH3 is 2. The van der Waals surface area contributed by atoms with E-state index in [1.807, 2.05) is 0 Å². The van der Waals surface area contributed by atoms with E-state index in [2.05, 4.69) is 5.32 Å². The number of urea groups is 1. The first kappa shape index (κ1) is 21.4. The molecule has 0 saturated carbocycles. The van der Waals surface area contributed by atoms with Crippen LogP contribution in [0.3, 0.4) is 0 Å². The van der Waals surface area contributed by atoms with Crippen LogP contribution in [0.1, 0.15) is 22.0 Å². The van der Waals surface area contributed by atoms with E-state index in [0.29, 0.717) is 5.75 Å². The monoisotopic (exact) mass is 424 g/mol. The molecule has 1 saturated heterocycles. The van der Waals surface area contributed by atoms with Gasteiger partial charge in [0.05, 0.1) is 20.3 Å². The first-order chi connectivity index (χ1) is 14.1. The van der Waals surface area contributed by atoms with E-state index < -0.39 is 35.7 Å². The van der Waals surface area contributed by atoms with Gasteiger partial charge in [-0.1, -0.05) is 36.4 Å². The van der Waals surface area contributed by atoms with E-state index in [1.54, 1.807) is 6.07 Å². The molecule has 2 aromatic rings. The van der Waals surface area contributed by atoms with Crippen LogP contribution in [0, 0.1) is 5.92 Å². The minimum atomic E-state index is -5.32. The van der Waals surface area contributed by atoms with E-state index in [4.69, 9.17) is 9.47 Å². The number of hydrogen-bond acceptors (Lipinski definition) is 5. The van der Waals surface area contributed by atoms with Crippen LogP contribution in [0.5, 0.6) is 11.5 Å². The predicted molar refractivity (Wildman–Crippen MR) is 99.2 cm³/mol. The fraction of sp³-hybridized carbons (Fsp3) is 0.300. The molecule has 1 heterocycles. The zero-order valence-electron chi connectivity index (χ0n) is 16.0. The van der Waals surface area contributed by atoms with Crippen LogP contribution >= 0.6 is 0 Å². The second-order valence-corrected chi connectivity index (χ2v) is 6.66. The Balaban J connectivity index is 2.18. The Bertz CT molecular complexity index is 951. The number of nitrogens with one attached hydrogen (secondary N) is 2. The maximum atomic E-state index is 13.9. The molecule has 1 aliphatic rings. The molecule has 0 aromatic heterocycles. The number of benzene rings is 2. The second kappa shape index (κ2) is 7.86. The van der Waals surface area contributed by atoms with Crippen LogP contribution in [0.15, 0.2) is 48.5 Å². The number of Topliss-reactive ketones (excluding diaryl/α,β-unsaturated/α-hetero) is 1. The number of aliphatic hydroxyl groups is 1. The number of rotatable bonds is 5. The molecular formula is C20H19F3N2O5. The maximum Gasteiger partial charge on any atom is 0.437 e. The lowest BCUT2D eigenvalue weighted by atomic mass is 9.77. The van der Waals surface area contributed by atoms with Crippen LogP contribution in [0.4, 0.5) is 18.0 Å². The Labute approximate surface area is 169 Å². The van der Waals surface area contributed by atoms with Crippen molar-refractivity contribution in [3.8, 4) is 11.5 Å². The van der Waals surface area contributed by atoms with Gasteiger partial charge in [-0.25, -0.2) is 4.79 Å². The number of ether oxygens (including phenoxy) is 2. The summed E-state index contributed by atoms with van der Waals surface area (Å²) in [4.78, 5) is 25.2. The number of halogens is 3. The van der Waals surface area contributed by atoms with Crippen molar-refractivity contribution < 1.29 is 37.3 Å². The number of carbonyl (C=O) groups is 2. The van der Waals surface area contributed by atoms with E-state index in [1.165, 1.54) is 62.0 Å². The molecule has 7 nitrogen and oxygen atoms in total. The highest BCUT2D eigenvalue weighted by Gasteiger charge is 2.66. The van der Waals surface area contributed by atoms with Gasteiger partial charge in [0, 0.05) is 5.56 Å². The number of alkyl halides is 3. The van der Waals surface area contributed by atoms with Crippen LogP contribution in [-0.2, 0) is 0 Å². The molecule has 30 heavy (non-hydrogen) atoms. The summed E-state index contributed by atoms with van der Waals surface area (Å²) in [7, 11) is 2.72. The average molecular weight is 424 g/mol. The Hall–Kier alpha value is -3.27. The number of ketones is 1. The van der Waals surface area contributed by atoms with Gasteiger partial charge >= 0.3 is 12.2 Å². The minimum absolute atomic E-state index is 0.0476. The molecule has 160 valence electrons. The third-order valence-electron chi connectivity index (χ3n) is 4.91. The summed E-state index contributed by atoms with van der Waals surface area (Å²) < 4.78 is 52.0. The van der Waals surface area contributed by atoms with Gasteiger partial charge in [0.1, 0.15) is 5.92 Å². The van der Waals surface area contributed by atoms with Crippen molar-refractivity contribution >= 4 is 11.8 Å². The summed E-state index contributed by atoms with van der Waals surface area (Å²) in [5.41, 5.74) is -3.71. The quantitative estimate of drug-likeness (QED) is 0.642. The van der Waals surface area contributed by atoms with Crippen molar-refractivity contribution in [2.75, 3.05) is 14.2 Å². The third kappa shape index (κ3) is 3.65. The van der Waals surface area contributed by atoms with Gasteiger partial charge < -0.3 is 25.2 Å². The van der Waals surface area contributed by atoms with E-state index in [0.717, 1.165) is 0 Å². The zero-order chi connectivity index (χ0) is 22.1. The average Bonchev–Trinajstić information content (AvgIpc) is 2.72. The van der Waals surface area contributed by atoms with Gasteiger partial charge in [0.15, 0.2) is 17.3 Å². The molecule has 0 aliphatic carbocycles. The van der Waals surface area contributed by atoms with Crippen molar-refractivity contribution in [3.63, 3.8) is 0 Å². The fourth-order valence-corrected chi connectivity index (χ4v) is 3.45. The van der Waals surface area contributed by atoms with Gasteiger partial charge in [-0.2, -0.15) is 13.2 Å². The lowest BCUT2D eigenvalue weighted by Gasteiger charge is -2.45. The Morgan fingerprint density at radius 3 is 2.27 bits per heavy atom. The Morgan fingerprint density at radius 1 is 1.07 bits per heavy atom. The normalized spacial score (nSPS) is 23.9. The summed E-state index contributed by atoms with van der Waals surface area (Å²) >= 11 is 0. The minimum Gasteiger partial charge on any atom is -0.493 e. The predicted octanol–water partition coefficient (Wildman–Crippen LogP) is 2.81. The topological polar surface area (TPSA) is 96.9 Å². The zero-order valence-corrected chi connectivity index (χ0v) is 16.0. The summed E-state index contributed by atoms with van der Waals surface area (Å²) in [5, 5.41) is 14.4. The smallest absolute Gasteiger partial charge is 0.437 e. The van der Waals surface area contributed by atoms with Crippen LogP contribution < -0.4 is 20.1 Å². The standard InChI is InChI=1S/C20H19F3N2O5/c1-29-13-9-8-12(10-14(13)30-2)16-15(17(26)11-6-4-3-5-7-11)19(28,20(21,22)23)25-18(27)24-16/h3-10,15-16,28H,1-2H3,(H2,24,25,27)/t15-,16+,19+/m1/s1. The highest BCUT2D eigenvalue weighted by atomic mass is 19.4. The van der Waals surface area contributed by atoms with Crippen molar-refractivity contribution in [1.29, 1.82) is 0 Å². The molecule has 2 aromatic carbocycles. The molecule has 0 spiro atoms. The molecule has 10 heteroatoms. The van der Waals surface area contributed by atoms with Crippen LogP contribution in [-0.4, -0.2) is 43.0 Å². The molecule has 2 amide bonds. The molecule has 0 radical (unpaired) electrons. The SMILES string of the molecule is COc1ccc([C@@H]2NC(=O)N[C@@](O)(C(F)(F)F)[C@H]2C(=O)c2ccccc2)cc1OC. The molecule has 1 aliphatic heterocycles. The van der Waals surface area contributed by atoms with Gasteiger partial charge in [0.25, 0.3) is 0 Å². The summed E-state index contributed by atoms with van der Waals surface area (Å²) in [6.07, 6.45) is -5.32.